The third-order valence-corrected chi connectivity index (χ3v) is 5.63. The Hall–Kier alpha value is -2.04. The van der Waals surface area contributed by atoms with Crippen LogP contribution >= 0.6 is 7.75 Å². The van der Waals surface area contributed by atoms with Crippen molar-refractivity contribution in [3.63, 3.8) is 0 Å². The zero-order valence-corrected chi connectivity index (χ0v) is 16.9. The lowest BCUT2D eigenvalue weighted by Crippen LogP contribution is -2.35. The predicted molar refractivity (Wildman–Crippen MR) is 98.9 cm³/mol. The van der Waals surface area contributed by atoms with E-state index in [-0.39, 0.29) is 13.2 Å². The summed E-state index contributed by atoms with van der Waals surface area (Å²) in [7, 11) is -2.58. The first kappa shape index (κ1) is 22.3. The standard InChI is InChI=1S/C16H24N3O8P/c1-5-25-28(23,18-11(3)15(21)24-4)26-9-12-6-7-13(27-12)19-8-10(2)14(20)17-16(19)22/h6-8,11-13H,5,9H2,1-4H3,(H,18,23)(H,17,20,22)/t11?,12-,13+,28?/m0/s1. The molecule has 2 rings (SSSR count). The van der Waals surface area contributed by atoms with Crippen molar-refractivity contribution in [1.29, 1.82) is 0 Å². The molecule has 0 saturated heterocycles. The van der Waals surface area contributed by atoms with Crippen LogP contribution in [-0.2, 0) is 27.9 Å². The molecule has 0 fully saturated rings. The third kappa shape index (κ3) is 5.49. The van der Waals surface area contributed by atoms with Gasteiger partial charge in [0.1, 0.15) is 12.1 Å². The average molecular weight is 417 g/mol. The van der Waals surface area contributed by atoms with Crippen molar-refractivity contribution >= 4 is 13.7 Å². The number of aromatic amines is 1. The van der Waals surface area contributed by atoms with Gasteiger partial charge in [-0.3, -0.25) is 28.2 Å². The first-order valence-corrected chi connectivity index (χ1v) is 10.1. The van der Waals surface area contributed by atoms with Crippen LogP contribution in [0.25, 0.3) is 0 Å². The molecule has 0 aliphatic carbocycles. The minimum Gasteiger partial charge on any atom is -0.468 e. The second-order valence-corrected chi connectivity index (χ2v) is 7.78. The van der Waals surface area contributed by atoms with Crippen molar-refractivity contribution in [3.05, 3.63) is 44.8 Å². The van der Waals surface area contributed by atoms with Gasteiger partial charge >= 0.3 is 19.4 Å². The van der Waals surface area contributed by atoms with E-state index in [1.54, 1.807) is 26.0 Å². The number of ether oxygens (including phenoxy) is 2. The fraction of sp³-hybridized carbons (Fsp3) is 0.562. The second-order valence-electron chi connectivity index (χ2n) is 6.01. The van der Waals surface area contributed by atoms with Crippen molar-refractivity contribution in [2.75, 3.05) is 20.3 Å². The van der Waals surface area contributed by atoms with Crippen LogP contribution in [0.4, 0.5) is 0 Å². The topological polar surface area (TPSA) is 138 Å². The summed E-state index contributed by atoms with van der Waals surface area (Å²) in [6.07, 6.45) is 3.28. The highest BCUT2D eigenvalue weighted by molar-refractivity contribution is 7.51. The van der Waals surface area contributed by atoms with Gasteiger partial charge in [0.2, 0.25) is 0 Å². The summed E-state index contributed by atoms with van der Waals surface area (Å²) >= 11 is 0. The number of carbonyl (C=O) groups is 1. The maximum Gasteiger partial charge on any atom is 0.406 e. The first-order chi connectivity index (χ1) is 13.2. The van der Waals surface area contributed by atoms with Crippen LogP contribution in [0.5, 0.6) is 0 Å². The molecule has 0 amide bonds. The van der Waals surface area contributed by atoms with E-state index in [9.17, 15) is 18.9 Å². The van der Waals surface area contributed by atoms with E-state index in [0.717, 1.165) is 0 Å². The molecule has 1 aliphatic rings. The number of esters is 1. The summed E-state index contributed by atoms with van der Waals surface area (Å²) in [5.41, 5.74) is -0.718. The molecular formula is C16H24N3O8P. The molecule has 28 heavy (non-hydrogen) atoms. The molecule has 1 aromatic heterocycles. The Morgan fingerprint density at radius 3 is 2.75 bits per heavy atom. The van der Waals surface area contributed by atoms with E-state index in [4.69, 9.17) is 13.8 Å². The lowest BCUT2D eigenvalue weighted by Gasteiger charge is -2.23. The van der Waals surface area contributed by atoms with Crippen LogP contribution in [0.2, 0.25) is 0 Å². The van der Waals surface area contributed by atoms with Gasteiger partial charge in [0.25, 0.3) is 5.56 Å². The Bertz CT molecular complexity index is 893. The molecule has 0 aromatic carbocycles. The van der Waals surface area contributed by atoms with Crippen LogP contribution in [0, 0.1) is 6.92 Å². The maximum absolute atomic E-state index is 12.8. The quantitative estimate of drug-likeness (QED) is 0.336. The van der Waals surface area contributed by atoms with E-state index >= 15 is 0 Å². The summed E-state index contributed by atoms with van der Waals surface area (Å²) in [6.45, 7) is 4.61. The van der Waals surface area contributed by atoms with Crippen LogP contribution in [0.15, 0.2) is 27.9 Å². The summed E-state index contributed by atoms with van der Waals surface area (Å²) < 4.78 is 34.8. The molecule has 0 bridgehead atoms. The van der Waals surface area contributed by atoms with E-state index < -0.39 is 43.3 Å². The molecule has 0 spiro atoms. The van der Waals surface area contributed by atoms with E-state index in [2.05, 4.69) is 14.8 Å². The van der Waals surface area contributed by atoms with Gasteiger partial charge in [-0.2, -0.15) is 0 Å². The summed E-state index contributed by atoms with van der Waals surface area (Å²) in [6, 6.07) is -0.905. The van der Waals surface area contributed by atoms with Gasteiger partial charge < -0.3 is 9.47 Å². The fourth-order valence-electron chi connectivity index (χ4n) is 2.44. The lowest BCUT2D eigenvalue weighted by molar-refractivity contribution is -0.142. The zero-order chi connectivity index (χ0) is 20.9. The van der Waals surface area contributed by atoms with Gasteiger partial charge in [-0.05, 0) is 26.8 Å². The molecule has 2 unspecified atom stereocenters. The number of aryl methyl sites for hydroxylation is 1. The second kappa shape index (κ2) is 9.44. The van der Waals surface area contributed by atoms with Crippen molar-refractivity contribution in [2.45, 2.75) is 39.1 Å². The molecule has 11 nitrogen and oxygen atoms in total. The molecule has 2 heterocycles. The highest BCUT2D eigenvalue weighted by Crippen LogP contribution is 2.44. The maximum atomic E-state index is 12.8. The average Bonchev–Trinajstić information content (AvgIpc) is 3.11. The molecule has 0 saturated carbocycles. The van der Waals surface area contributed by atoms with E-state index in [1.807, 2.05) is 0 Å². The van der Waals surface area contributed by atoms with E-state index in [0.29, 0.717) is 5.56 Å². The lowest BCUT2D eigenvalue weighted by atomic mass is 10.3. The van der Waals surface area contributed by atoms with Crippen molar-refractivity contribution in [1.82, 2.24) is 14.6 Å². The molecule has 0 radical (unpaired) electrons. The first-order valence-electron chi connectivity index (χ1n) is 8.59. The Kier molecular flexibility index (Phi) is 7.50. The highest BCUT2D eigenvalue weighted by Gasteiger charge is 2.32. The Morgan fingerprint density at radius 1 is 1.39 bits per heavy atom. The Labute approximate surface area is 161 Å². The minimum atomic E-state index is -3.79. The molecule has 2 N–H and O–H groups in total. The Balaban J connectivity index is 2.01. The number of methoxy groups -OCH3 is 1. The van der Waals surface area contributed by atoms with E-state index in [1.165, 1.54) is 24.8 Å². The van der Waals surface area contributed by atoms with Crippen molar-refractivity contribution in [3.8, 4) is 0 Å². The summed E-state index contributed by atoms with van der Waals surface area (Å²) in [5, 5.41) is 2.50. The van der Waals surface area contributed by atoms with Crippen LogP contribution < -0.4 is 16.3 Å². The van der Waals surface area contributed by atoms with Crippen molar-refractivity contribution < 1.29 is 27.9 Å². The van der Waals surface area contributed by atoms with Gasteiger partial charge in [-0.15, -0.1) is 0 Å². The zero-order valence-electron chi connectivity index (χ0n) is 16.0. The normalized spacial score (nSPS) is 22.0. The SMILES string of the molecule is CCOP(=O)(NC(C)C(=O)OC)OC[C@@H]1C=C[C@H](n2cc(C)c(=O)[nH]c2=O)O1. The van der Waals surface area contributed by atoms with Crippen LogP contribution in [0.3, 0.4) is 0 Å². The minimum absolute atomic E-state index is 0.0915. The predicted octanol–water partition coefficient (Wildman–Crippen LogP) is 0.611. The summed E-state index contributed by atoms with van der Waals surface area (Å²) in [5.74, 6) is -0.617. The van der Waals surface area contributed by atoms with Crippen LogP contribution in [0.1, 0.15) is 25.6 Å². The number of rotatable bonds is 9. The monoisotopic (exact) mass is 417 g/mol. The van der Waals surface area contributed by atoms with Gasteiger partial charge in [-0.25, -0.2) is 14.4 Å². The summed E-state index contributed by atoms with van der Waals surface area (Å²) in [4.78, 5) is 37.1. The Morgan fingerprint density at radius 2 is 2.11 bits per heavy atom. The third-order valence-electron chi connectivity index (χ3n) is 3.84. The number of nitrogens with one attached hydrogen (secondary N) is 2. The molecule has 1 aromatic rings. The van der Waals surface area contributed by atoms with Gasteiger partial charge in [-0.1, -0.05) is 6.08 Å². The number of H-pyrrole nitrogens is 1. The molecule has 156 valence electrons. The molecule has 4 atom stereocenters. The van der Waals surface area contributed by atoms with Crippen LogP contribution in [-0.4, -0.2) is 48.0 Å². The van der Waals surface area contributed by atoms with Crippen molar-refractivity contribution in [2.24, 2.45) is 0 Å². The largest absolute Gasteiger partial charge is 0.468 e. The van der Waals surface area contributed by atoms with Gasteiger partial charge in [0, 0.05) is 11.8 Å². The van der Waals surface area contributed by atoms with Gasteiger partial charge in [0.05, 0.1) is 20.3 Å². The number of carbonyl (C=O) groups excluding carboxylic acids is 1. The molecule has 12 heteroatoms. The number of hydrogen-bond acceptors (Lipinski definition) is 8. The number of hydrogen-bond donors (Lipinski definition) is 2. The number of nitrogens with zero attached hydrogens (tertiary/aromatic N) is 1. The fourth-order valence-corrected chi connectivity index (χ4v) is 3.92. The molecular weight excluding hydrogens is 393 g/mol. The van der Waals surface area contributed by atoms with Gasteiger partial charge in [0.15, 0.2) is 6.23 Å². The smallest absolute Gasteiger partial charge is 0.406 e. The molecule has 1 aliphatic heterocycles. The number of aromatic nitrogens is 2. The highest BCUT2D eigenvalue weighted by atomic mass is 31.2.